The van der Waals surface area contributed by atoms with Crippen LogP contribution in [0.4, 0.5) is 4.79 Å². The molecule has 2 N–H and O–H groups in total. The quantitative estimate of drug-likeness (QED) is 0.743. The molecule has 1 heterocycles. The van der Waals surface area contributed by atoms with Gasteiger partial charge in [0.15, 0.2) is 9.84 Å². The van der Waals surface area contributed by atoms with Gasteiger partial charge in [0.2, 0.25) is 0 Å². The number of carbonyl (C=O) groups is 1. The van der Waals surface area contributed by atoms with Crippen LogP contribution in [0.1, 0.15) is 44.9 Å². The maximum atomic E-state index is 11.8. The Kier molecular flexibility index (Phi) is 4.48. The molecule has 2 aliphatic rings. The molecule has 2 rings (SSSR count). The SMILES string of the molecule is O=C(NC1CCCCCC1)NC1CCS(=O)(=O)C1. The Morgan fingerprint density at radius 1 is 0.889 bits per heavy atom. The molecule has 0 aromatic rings. The van der Waals surface area contributed by atoms with E-state index in [-0.39, 0.29) is 29.6 Å². The monoisotopic (exact) mass is 274 g/mol. The molecule has 2 fully saturated rings. The number of amides is 2. The Morgan fingerprint density at radius 3 is 2.06 bits per heavy atom. The number of urea groups is 1. The molecule has 1 atom stereocenters. The van der Waals surface area contributed by atoms with Crippen LogP contribution in [0.2, 0.25) is 0 Å². The molecule has 6 heteroatoms. The Balaban J connectivity index is 1.75. The first-order valence-corrected chi connectivity index (χ1v) is 8.65. The standard InChI is InChI=1S/C12H22N2O3S/c15-12(13-10-5-3-1-2-4-6-10)14-11-7-8-18(16,17)9-11/h10-11H,1-9H2,(H2,13,14,15). The van der Waals surface area contributed by atoms with Crippen molar-refractivity contribution in [2.24, 2.45) is 0 Å². The van der Waals surface area contributed by atoms with Gasteiger partial charge in [-0.25, -0.2) is 13.2 Å². The summed E-state index contributed by atoms with van der Waals surface area (Å²) < 4.78 is 22.6. The van der Waals surface area contributed by atoms with Gasteiger partial charge in [0.05, 0.1) is 11.5 Å². The van der Waals surface area contributed by atoms with Gasteiger partial charge in [-0.1, -0.05) is 25.7 Å². The second-order valence-corrected chi connectivity index (χ2v) is 7.63. The van der Waals surface area contributed by atoms with E-state index in [2.05, 4.69) is 10.6 Å². The summed E-state index contributed by atoms with van der Waals surface area (Å²) in [5.74, 6) is 0.284. The summed E-state index contributed by atoms with van der Waals surface area (Å²) in [7, 11) is -2.92. The highest BCUT2D eigenvalue weighted by Crippen LogP contribution is 2.17. The molecule has 0 bridgehead atoms. The van der Waals surface area contributed by atoms with E-state index in [4.69, 9.17) is 0 Å². The second kappa shape index (κ2) is 5.91. The minimum absolute atomic E-state index is 0.0884. The summed E-state index contributed by atoms with van der Waals surface area (Å²) >= 11 is 0. The summed E-state index contributed by atoms with van der Waals surface area (Å²) in [4.78, 5) is 11.8. The number of sulfone groups is 1. The molecule has 1 saturated carbocycles. The minimum atomic E-state index is -2.92. The van der Waals surface area contributed by atoms with E-state index in [9.17, 15) is 13.2 Å². The van der Waals surface area contributed by atoms with E-state index in [0.29, 0.717) is 6.42 Å². The highest BCUT2D eigenvalue weighted by atomic mass is 32.2. The molecule has 1 aliphatic carbocycles. The minimum Gasteiger partial charge on any atom is -0.335 e. The predicted octanol–water partition coefficient (Wildman–Crippen LogP) is 1.20. The zero-order chi connectivity index (χ0) is 13.0. The molecule has 1 unspecified atom stereocenters. The van der Waals surface area contributed by atoms with Crippen molar-refractivity contribution in [2.75, 3.05) is 11.5 Å². The van der Waals surface area contributed by atoms with Crippen molar-refractivity contribution in [3.05, 3.63) is 0 Å². The first kappa shape index (κ1) is 13.6. The van der Waals surface area contributed by atoms with E-state index < -0.39 is 9.84 Å². The third-order valence-corrected chi connectivity index (χ3v) is 5.53. The lowest BCUT2D eigenvalue weighted by Crippen LogP contribution is -2.46. The molecule has 0 aromatic heterocycles. The van der Waals surface area contributed by atoms with E-state index in [1.165, 1.54) is 25.7 Å². The van der Waals surface area contributed by atoms with E-state index in [1.807, 2.05) is 0 Å². The van der Waals surface area contributed by atoms with Crippen LogP contribution in [0.25, 0.3) is 0 Å². The van der Waals surface area contributed by atoms with Crippen molar-refractivity contribution in [2.45, 2.75) is 57.0 Å². The first-order valence-electron chi connectivity index (χ1n) is 6.83. The maximum Gasteiger partial charge on any atom is 0.315 e. The lowest BCUT2D eigenvalue weighted by atomic mass is 10.1. The fourth-order valence-electron chi connectivity index (χ4n) is 2.75. The zero-order valence-corrected chi connectivity index (χ0v) is 11.5. The molecule has 0 spiro atoms. The molecule has 18 heavy (non-hydrogen) atoms. The van der Waals surface area contributed by atoms with Crippen LogP contribution in [0, 0.1) is 0 Å². The Labute approximate surface area is 109 Å². The average Bonchev–Trinajstić information content (AvgIpc) is 2.52. The van der Waals surface area contributed by atoms with Crippen LogP contribution >= 0.6 is 0 Å². The van der Waals surface area contributed by atoms with Gasteiger partial charge in [-0.3, -0.25) is 0 Å². The summed E-state index contributed by atoms with van der Waals surface area (Å²) in [6, 6.07) is -0.157. The van der Waals surface area contributed by atoms with Crippen LogP contribution in [0.15, 0.2) is 0 Å². The summed E-state index contributed by atoms with van der Waals surface area (Å²) in [6.45, 7) is 0. The summed E-state index contributed by atoms with van der Waals surface area (Å²) in [6.07, 6.45) is 7.46. The van der Waals surface area contributed by atoms with Gasteiger partial charge in [0.1, 0.15) is 0 Å². The van der Waals surface area contributed by atoms with Gasteiger partial charge >= 0.3 is 6.03 Å². The highest BCUT2D eigenvalue weighted by Gasteiger charge is 2.29. The lowest BCUT2D eigenvalue weighted by Gasteiger charge is -2.18. The highest BCUT2D eigenvalue weighted by molar-refractivity contribution is 7.91. The van der Waals surface area contributed by atoms with Crippen LogP contribution < -0.4 is 10.6 Å². The van der Waals surface area contributed by atoms with Crippen LogP contribution in [-0.2, 0) is 9.84 Å². The number of rotatable bonds is 2. The number of hydrogen-bond acceptors (Lipinski definition) is 3. The third kappa shape index (κ3) is 4.15. The Hall–Kier alpha value is -0.780. The van der Waals surface area contributed by atoms with Gasteiger partial charge in [-0.2, -0.15) is 0 Å². The van der Waals surface area contributed by atoms with Crippen molar-refractivity contribution in [1.82, 2.24) is 10.6 Å². The molecule has 0 aromatic carbocycles. The van der Waals surface area contributed by atoms with Gasteiger partial charge in [0.25, 0.3) is 0 Å². The van der Waals surface area contributed by atoms with Gasteiger partial charge in [-0.05, 0) is 19.3 Å². The molecule has 1 aliphatic heterocycles. The summed E-state index contributed by atoms with van der Waals surface area (Å²) in [5.41, 5.74) is 0. The Bertz CT molecular complexity index is 386. The van der Waals surface area contributed by atoms with E-state index in [0.717, 1.165) is 12.8 Å². The van der Waals surface area contributed by atoms with Crippen molar-refractivity contribution >= 4 is 15.9 Å². The molecule has 2 amide bonds. The zero-order valence-electron chi connectivity index (χ0n) is 10.7. The fraction of sp³-hybridized carbons (Fsp3) is 0.917. The molecule has 5 nitrogen and oxygen atoms in total. The summed E-state index contributed by atoms with van der Waals surface area (Å²) in [5, 5.41) is 5.74. The third-order valence-electron chi connectivity index (χ3n) is 3.76. The molecule has 1 saturated heterocycles. The topological polar surface area (TPSA) is 75.3 Å². The van der Waals surface area contributed by atoms with Crippen LogP contribution in [0.3, 0.4) is 0 Å². The predicted molar refractivity (Wildman–Crippen MR) is 70.2 cm³/mol. The fourth-order valence-corrected chi connectivity index (χ4v) is 4.42. The van der Waals surface area contributed by atoms with Crippen LogP contribution in [0.5, 0.6) is 0 Å². The largest absolute Gasteiger partial charge is 0.335 e. The van der Waals surface area contributed by atoms with Crippen molar-refractivity contribution in [1.29, 1.82) is 0 Å². The Morgan fingerprint density at radius 2 is 1.50 bits per heavy atom. The molecular formula is C12H22N2O3S. The average molecular weight is 274 g/mol. The number of nitrogens with one attached hydrogen (secondary N) is 2. The molecule has 104 valence electrons. The number of carbonyl (C=O) groups excluding carboxylic acids is 1. The van der Waals surface area contributed by atoms with E-state index >= 15 is 0 Å². The smallest absolute Gasteiger partial charge is 0.315 e. The van der Waals surface area contributed by atoms with Crippen molar-refractivity contribution in [3.8, 4) is 0 Å². The maximum absolute atomic E-state index is 11.8. The lowest BCUT2D eigenvalue weighted by molar-refractivity contribution is 0.232. The van der Waals surface area contributed by atoms with Crippen molar-refractivity contribution in [3.63, 3.8) is 0 Å². The van der Waals surface area contributed by atoms with Gasteiger partial charge < -0.3 is 10.6 Å². The van der Waals surface area contributed by atoms with Gasteiger partial charge in [0, 0.05) is 12.1 Å². The van der Waals surface area contributed by atoms with Crippen LogP contribution in [-0.4, -0.2) is 38.0 Å². The number of hydrogen-bond donors (Lipinski definition) is 2. The van der Waals surface area contributed by atoms with Crippen molar-refractivity contribution < 1.29 is 13.2 Å². The molecular weight excluding hydrogens is 252 g/mol. The first-order chi connectivity index (χ1) is 8.55. The normalized spacial score (nSPS) is 28.6. The van der Waals surface area contributed by atoms with E-state index in [1.54, 1.807) is 0 Å². The molecule has 0 radical (unpaired) electrons. The second-order valence-electron chi connectivity index (χ2n) is 5.41. The van der Waals surface area contributed by atoms with Gasteiger partial charge in [-0.15, -0.1) is 0 Å².